The largest absolute Gasteiger partial charge is 0.372 e. The molecule has 306 valence electrons. The van der Waals surface area contributed by atoms with Crippen molar-refractivity contribution in [2.75, 3.05) is 44.7 Å². The first-order valence-electron chi connectivity index (χ1n) is 17.4. The van der Waals surface area contributed by atoms with Crippen LogP contribution in [0.1, 0.15) is 79.7 Å². The van der Waals surface area contributed by atoms with Crippen LogP contribution in [0, 0.1) is 6.92 Å². The number of nitrogens with one attached hydrogen (secondary N) is 6. The maximum absolute atomic E-state index is 12.4. The SMILES string of the molecule is CC.CC(N)=O.CCCCN.CCNC(=O)CNC(=O)C(C)NC(=O)CNC(=O)C(CCSC)NC(=O)CNC(=O)CC.Cc1ccccc1.NC=O. The highest BCUT2D eigenvalue weighted by Gasteiger charge is 2.22. The zero-order valence-electron chi connectivity index (χ0n) is 33.1. The first kappa shape index (κ1) is 57.6. The van der Waals surface area contributed by atoms with Crippen LogP contribution in [-0.4, -0.2) is 105 Å². The Labute approximate surface area is 320 Å². The molecule has 0 aliphatic carbocycles. The van der Waals surface area contributed by atoms with Gasteiger partial charge in [-0.05, 0) is 52.2 Å². The molecule has 0 spiro atoms. The average molecular weight is 774 g/mol. The van der Waals surface area contributed by atoms with Gasteiger partial charge in [-0.3, -0.25) is 38.4 Å². The van der Waals surface area contributed by atoms with Crippen LogP contribution in [-0.2, 0) is 38.4 Å². The number of unbranched alkanes of at least 4 members (excludes halogenated alkanes) is 1. The number of carbonyl (C=O) groups is 8. The van der Waals surface area contributed by atoms with Gasteiger partial charge in [-0.2, -0.15) is 11.8 Å². The number of aryl methyl sites for hydroxylation is 1. The molecule has 18 heteroatoms. The van der Waals surface area contributed by atoms with E-state index in [0.717, 1.165) is 6.54 Å². The highest BCUT2D eigenvalue weighted by Crippen LogP contribution is 2.01. The van der Waals surface area contributed by atoms with E-state index in [1.807, 2.05) is 38.3 Å². The van der Waals surface area contributed by atoms with E-state index >= 15 is 0 Å². The van der Waals surface area contributed by atoms with Crippen molar-refractivity contribution in [2.45, 2.75) is 93.2 Å². The third kappa shape index (κ3) is 47.3. The number of rotatable bonds is 17. The van der Waals surface area contributed by atoms with Crippen LogP contribution < -0.4 is 49.1 Å². The quantitative estimate of drug-likeness (QED) is 0.0954. The summed E-state index contributed by atoms with van der Waals surface area (Å²) in [5.74, 6) is -2.61. The molecule has 0 saturated heterocycles. The molecule has 1 rings (SSSR count). The number of benzene rings is 1. The van der Waals surface area contributed by atoms with Gasteiger partial charge in [0, 0.05) is 19.9 Å². The Kier molecular flexibility index (Phi) is 47.2. The number of likely N-dealkylation sites (N-methyl/N-ethyl adjacent to an activating group) is 1. The highest BCUT2D eigenvalue weighted by molar-refractivity contribution is 7.98. The summed E-state index contributed by atoms with van der Waals surface area (Å²) in [6, 6.07) is 8.47. The molecule has 0 aromatic heterocycles. The normalized spacial score (nSPS) is 10.0. The average Bonchev–Trinajstić information content (AvgIpc) is 3.12. The minimum atomic E-state index is -0.914. The van der Waals surface area contributed by atoms with Crippen LogP contribution in [0.25, 0.3) is 0 Å². The zero-order chi connectivity index (χ0) is 42.0. The van der Waals surface area contributed by atoms with E-state index in [2.05, 4.69) is 69.3 Å². The highest BCUT2D eigenvalue weighted by atomic mass is 32.2. The van der Waals surface area contributed by atoms with Gasteiger partial charge in [-0.1, -0.05) is 70.0 Å². The van der Waals surface area contributed by atoms with E-state index in [1.165, 1.54) is 44.0 Å². The van der Waals surface area contributed by atoms with Gasteiger partial charge in [0.1, 0.15) is 12.1 Å². The molecule has 1 aromatic carbocycles. The Balaban J connectivity index is -0.000000293. The van der Waals surface area contributed by atoms with E-state index in [1.54, 1.807) is 13.8 Å². The van der Waals surface area contributed by atoms with Crippen molar-refractivity contribution < 1.29 is 38.4 Å². The van der Waals surface area contributed by atoms with Crippen molar-refractivity contribution in [1.82, 2.24) is 31.9 Å². The molecule has 12 N–H and O–H groups in total. The van der Waals surface area contributed by atoms with Gasteiger partial charge in [0.05, 0.1) is 19.6 Å². The predicted octanol–water partition coefficient (Wildman–Crippen LogP) is -0.0168. The Hall–Kier alpha value is -4.71. The standard InChI is InChI=1S/C19H34N6O6S.C7H8.C4H11N.C2H5NO.C2H6.CH3NO/c1-5-14(26)21-10-17(29)25-13(7-8-32-4)19(31)23-11-16(28)24-12(3)18(30)22-9-15(27)20-6-2;1-7-5-3-2-4-6-7;1-2-3-4-5;1-2(3)4;1-2;2-1-3/h12-13H,5-11H2,1-4H3,(H,20,27)(H,21,26)(H,22,30)(H,23,31)(H,24,28)(H,25,29);2-6H,1H3;2-5H2,1H3;1H3,(H2,3,4);1-2H3;1H,(H2,2,3). The maximum Gasteiger partial charge on any atom is 0.243 e. The van der Waals surface area contributed by atoms with Crippen LogP contribution >= 0.6 is 11.8 Å². The monoisotopic (exact) mass is 773 g/mol. The fourth-order valence-electron chi connectivity index (χ4n) is 3.02. The molecule has 0 aliphatic heterocycles. The molecule has 0 bridgehead atoms. The molecule has 2 atom stereocenters. The second-order valence-electron chi connectivity index (χ2n) is 10.3. The fourth-order valence-corrected chi connectivity index (χ4v) is 3.49. The first-order chi connectivity index (χ1) is 25.1. The molecule has 0 aliphatic rings. The van der Waals surface area contributed by atoms with Crippen molar-refractivity contribution in [2.24, 2.45) is 17.2 Å². The van der Waals surface area contributed by atoms with Crippen LogP contribution in [0.5, 0.6) is 0 Å². The van der Waals surface area contributed by atoms with Crippen molar-refractivity contribution in [3.8, 4) is 0 Å². The lowest BCUT2D eigenvalue weighted by atomic mass is 10.2. The van der Waals surface area contributed by atoms with Gasteiger partial charge in [0.15, 0.2) is 0 Å². The van der Waals surface area contributed by atoms with Crippen LogP contribution in [0.2, 0.25) is 0 Å². The second-order valence-corrected chi connectivity index (χ2v) is 11.2. The summed E-state index contributed by atoms with van der Waals surface area (Å²) in [5, 5.41) is 14.7. The van der Waals surface area contributed by atoms with E-state index in [0.29, 0.717) is 18.7 Å². The van der Waals surface area contributed by atoms with Crippen molar-refractivity contribution in [1.29, 1.82) is 0 Å². The topological polar surface area (TPSA) is 287 Å². The van der Waals surface area contributed by atoms with Gasteiger partial charge in [-0.15, -0.1) is 0 Å². The lowest BCUT2D eigenvalue weighted by Gasteiger charge is -2.19. The third-order valence-corrected chi connectivity index (χ3v) is 6.16. The van der Waals surface area contributed by atoms with Gasteiger partial charge in [-0.25, -0.2) is 0 Å². The Bertz CT molecular complexity index is 1120. The molecular weight excluding hydrogens is 707 g/mol. The smallest absolute Gasteiger partial charge is 0.243 e. The molecule has 53 heavy (non-hydrogen) atoms. The third-order valence-electron chi connectivity index (χ3n) is 5.52. The molecule has 8 amide bonds. The number of carbonyl (C=O) groups excluding carboxylic acids is 8. The Morgan fingerprint density at radius 3 is 1.66 bits per heavy atom. The Morgan fingerprint density at radius 1 is 0.792 bits per heavy atom. The Morgan fingerprint density at radius 2 is 1.26 bits per heavy atom. The van der Waals surface area contributed by atoms with Crippen molar-refractivity contribution in [3.63, 3.8) is 0 Å². The minimum Gasteiger partial charge on any atom is -0.372 e. The van der Waals surface area contributed by atoms with Gasteiger partial charge < -0.3 is 49.1 Å². The summed E-state index contributed by atoms with van der Waals surface area (Å²) in [4.78, 5) is 88.8. The summed E-state index contributed by atoms with van der Waals surface area (Å²) in [7, 11) is 0. The zero-order valence-corrected chi connectivity index (χ0v) is 33.9. The number of amides is 8. The van der Waals surface area contributed by atoms with Gasteiger partial charge in [0.2, 0.25) is 47.8 Å². The van der Waals surface area contributed by atoms with Crippen LogP contribution in [0.4, 0.5) is 0 Å². The summed E-state index contributed by atoms with van der Waals surface area (Å²) in [5.41, 5.74) is 15.1. The van der Waals surface area contributed by atoms with Gasteiger partial charge in [0.25, 0.3) is 0 Å². The van der Waals surface area contributed by atoms with Crippen molar-refractivity contribution >= 4 is 59.5 Å². The van der Waals surface area contributed by atoms with E-state index in [9.17, 15) is 33.6 Å². The van der Waals surface area contributed by atoms with E-state index in [-0.39, 0.29) is 43.6 Å². The van der Waals surface area contributed by atoms with E-state index in [4.69, 9.17) is 10.5 Å². The summed E-state index contributed by atoms with van der Waals surface area (Å²) in [6.07, 6.45) is 5.06. The summed E-state index contributed by atoms with van der Waals surface area (Å²) >= 11 is 1.49. The number of primary amides is 2. The summed E-state index contributed by atoms with van der Waals surface area (Å²) in [6.45, 7) is 14.8. The van der Waals surface area contributed by atoms with Crippen LogP contribution in [0.3, 0.4) is 0 Å². The second kappa shape index (κ2) is 43.5. The molecule has 0 radical (unpaired) electrons. The molecule has 1 aromatic rings. The predicted molar refractivity (Wildman–Crippen MR) is 212 cm³/mol. The maximum atomic E-state index is 12.4. The molecule has 0 fully saturated rings. The lowest BCUT2D eigenvalue weighted by Crippen LogP contribution is -2.53. The number of hydrogen-bond acceptors (Lipinski definition) is 10. The lowest BCUT2D eigenvalue weighted by molar-refractivity contribution is -0.132. The van der Waals surface area contributed by atoms with Crippen molar-refractivity contribution in [3.05, 3.63) is 35.9 Å². The number of hydrogen-bond donors (Lipinski definition) is 9. The molecule has 0 heterocycles. The number of thioether (sulfide) groups is 1. The molecule has 0 saturated carbocycles. The minimum absolute atomic E-state index is 0.209. The molecule has 2 unspecified atom stereocenters. The number of nitrogens with two attached hydrogens (primary N) is 3. The van der Waals surface area contributed by atoms with E-state index < -0.39 is 42.3 Å². The first-order valence-corrected chi connectivity index (χ1v) is 18.8. The molecule has 17 nitrogen and oxygen atoms in total. The van der Waals surface area contributed by atoms with Crippen LogP contribution in [0.15, 0.2) is 30.3 Å². The molecular formula is C35H67N9O8S. The summed E-state index contributed by atoms with van der Waals surface area (Å²) < 4.78 is 0. The fraction of sp³-hybridized carbons (Fsp3) is 0.600. The van der Waals surface area contributed by atoms with Gasteiger partial charge >= 0.3 is 0 Å².